The Labute approximate surface area is 120 Å². The second kappa shape index (κ2) is 5.80. The summed E-state index contributed by atoms with van der Waals surface area (Å²) in [6, 6.07) is 10.4. The summed E-state index contributed by atoms with van der Waals surface area (Å²) in [5, 5.41) is 1.16. The first-order valence-corrected chi connectivity index (χ1v) is 7.52. The normalized spacial score (nSPS) is 23.5. The number of nitrogens with two attached hydrogens (primary N) is 1. The number of ether oxygens (including phenoxy) is 1. The average molecular weight is 270 g/mol. The van der Waals surface area contributed by atoms with Gasteiger partial charge in [0.05, 0.1) is 5.52 Å². The molecule has 1 aliphatic rings. The molecule has 2 atom stereocenters. The molecular formula is C17H22N2O. The van der Waals surface area contributed by atoms with E-state index in [9.17, 15) is 0 Å². The van der Waals surface area contributed by atoms with Gasteiger partial charge in [0, 0.05) is 17.0 Å². The van der Waals surface area contributed by atoms with Crippen LogP contribution in [0.15, 0.2) is 30.3 Å². The molecular weight excluding hydrogens is 248 g/mol. The van der Waals surface area contributed by atoms with Gasteiger partial charge in [-0.2, -0.15) is 0 Å². The van der Waals surface area contributed by atoms with Crippen molar-refractivity contribution in [3.05, 3.63) is 35.9 Å². The first-order chi connectivity index (χ1) is 9.74. The van der Waals surface area contributed by atoms with Crippen LogP contribution in [0.5, 0.6) is 5.88 Å². The van der Waals surface area contributed by atoms with Crippen LogP contribution in [-0.2, 0) is 0 Å². The molecule has 1 aliphatic carbocycles. The molecule has 1 saturated carbocycles. The van der Waals surface area contributed by atoms with Gasteiger partial charge in [0.15, 0.2) is 0 Å². The lowest BCUT2D eigenvalue weighted by atomic mass is 10.1. The van der Waals surface area contributed by atoms with Crippen LogP contribution in [-0.4, -0.2) is 17.1 Å². The number of hydrogen-bond donors (Lipinski definition) is 1. The monoisotopic (exact) mass is 270 g/mol. The van der Waals surface area contributed by atoms with Crippen molar-refractivity contribution in [3.8, 4) is 5.88 Å². The molecule has 0 amide bonds. The topological polar surface area (TPSA) is 48.1 Å². The van der Waals surface area contributed by atoms with E-state index < -0.39 is 0 Å². The number of aromatic nitrogens is 1. The first-order valence-electron chi connectivity index (χ1n) is 7.52. The van der Waals surface area contributed by atoms with Crippen LogP contribution < -0.4 is 10.5 Å². The summed E-state index contributed by atoms with van der Waals surface area (Å²) in [5.41, 5.74) is 8.30. The Balaban J connectivity index is 1.87. The molecule has 1 aromatic carbocycles. The number of hydrogen-bond acceptors (Lipinski definition) is 3. The van der Waals surface area contributed by atoms with Crippen LogP contribution in [0.1, 0.15) is 37.7 Å². The standard InChI is InChI=1S/C17H22N2O/c1-12-11-13-7-5-6-9-15(13)19-17(12)20-16-10-4-2-3-8-14(16)18/h5-7,9,11,14,16H,2-4,8,10,18H2,1H3. The van der Waals surface area contributed by atoms with Gasteiger partial charge in [-0.3, -0.25) is 0 Å². The predicted molar refractivity (Wildman–Crippen MR) is 82.0 cm³/mol. The Bertz CT molecular complexity index is 597. The van der Waals surface area contributed by atoms with Gasteiger partial charge in [0.2, 0.25) is 5.88 Å². The predicted octanol–water partition coefficient (Wildman–Crippen LogP) is 3.58. The van der Waals surface area contributed by atoms with Gasteiger partial charge in [-0.1, -0.05) is 31.0 Å². The molecule has 0 bridgehead atoms. The number of pyridine rings is 1. The minimum atomic E-state index is 0.102. The summed E-state index contributed by atoms with van der Waals surface area (Å²) >= 11 is 0. The SMILES string of the molecule is Cc1cc2ccccc2nc1OC1CCCCCC1N. The molecule has 106 valence electrons. The molecule has 2 N–H and O–H groups in total. The van der Waals surface area contributed by atoms with Crippen LogP contribution in [0.4, 0.5) is 0 Å². The van der Waals surface area contributed by atoms with E-state index in [1.54, 1.807) is 0 Å². The summed E-state index contributed by atoms with van der Waals surface area (Å²) in [6.07, 6.45) is 5.87. The maximum absolute atomic E-state index is 6.24. The van der Waals surface area contributed by atoms with Gasteiger partial charge in [-0.25, -0.2) is 4.98 Å². The lowest BCUT2D eigenvalue weighted by Gasteiger charge is -2.23. The van der Waals surface area contributed by atoms with E-state index in [2.05, 4.69) is 24.0 Å². The van der Waals surface area contributed by atoms with E-state index in [1.165, 1.54) is 19.3 Å². The molecule has 2 unspecified atom stereocenters. The maximum Gasteiger partial charge on any atom is 0.217 e. The van der Waals surface area contributed by atoms with E-state index in [0.29, 0.717) is 0 Å². The summed E-state index contributed by atoms with van der Waals surface area (Å²) in [4.78, 5) is 4.66. The van der Waals surface area contributed by atoms with Crippen LogP contribution in [0.2, 0.25) is 0 Å². The average Bonchev–Trinajstić information content (AvgIpc) is 2.65. The molecule has 3 nitrogen and oxygen atoms in total. The highest BCUT2D eigenvalue weighted by molar-refractivity contribution is 5.79. The van der Waals surface area contributed by atoms with Crippen molar-refractivity contribution >= 4 is 10.9 Å². The Kier molecular flexibility index (Phi) is 3.88. The number of rotatable bonds is 2. The molecule has 20 heavy (non-hydrogen) atoms. The van der Waals surface area contributed by atoms with Crippen molar-refractivity contribution in [1.82, 2.24) is 4.98 Å². The number of fused-ring (bicyclic) bond motifs is 1. The highest BCUT2D eigenvalue weighted by Gasteiger charge is 2.23. The van der Waals surface area contributed by atoms with Gasteiger partial charge in [-0.15, -0.1) is 0 Å². The second-order valence-electron chi connectivity index (χ2n) is 5.76. The number of nitrogens with zero attached hydrogens (tertiary/aromatic N) is 1. The van der Waals surface area contributed by atoms with Crippen molar-refractivity contribution in [2.24, 2.45) is 5.73 Å². The van der Waals surface area contributed by atoms with Gasteiger partial charge < -0.3 is 10.5 Å². The van der Waals surface area contributed by atoms with Gasteiger partial charge in [0.1, 0.15) is 6.10 Å². The Morgan fingerprint density at radius 1 is 1.15 bits per heavy atom. The van der Waals surface area contributed by atoms with E-state index >= 15 is 0 Å². The number of aryl methyl sites for hydroxylation is 1. The number of benzene rings is 1. The zero-order chi connectivity index (χ0) is 13.9. The van der Waals surface area contributed by atoms with Crippen molar-refractivity contribution in [2.75, 3.05) is 0 Å². The third-order valence-corrected chi connectivity index (χ3v) is 4.13. The lowest BCUT2D eigenvalue weighted by molar-refractivity contribution is 0.155. The van der Waals surface area contributed by atoms with Crippen LogP contribution in [0.25, 0.3) is 10.9 Å². The van der Waals surface area contributed by atoms with Crippen molar-refractivity contribution in [2.45, 2.75) is 51.2 Å². The molecule has 0 spiro atoms. The highest BCUT2D eigenvalue weighted by atomic mass is 16.5. The molecule has 3 heteroatoms. The Morgan fingerprint density at radius 3 is 2.85 bits per heavy atom. The zero-order valence-electron chi connectivity index (χ0n) is 12.0. The molecule has 0 saturated heterocycles. The third-order valence-electron chi connectivity index (χ3n) is 4.13. The largest absolute Gasteiger partial charge is 0.472 e. The van der Waals surface area contributed by atoms with Crippen molar-refractivity contribution in [1.29, 1.82) is 0 Å². The smallest absolute Gasteiger partial charge is 0.217 e. The Hall–Kier alpha value is -1.61. The molecule has 2 aromatic rings. The van der Waals surface area contributed by atoms with Crippen molar-refractivity contribution < 1.29 is 4.74 Å². The van der Waals surface area contributed by atoms with E-state index in [0.717, 1.165) is 35.2 Å². The fourth-order valence-corrected chi connectivity index (χ4v) is 2.92. The second-order valence-corrected chi connectivity index (χ2v) is 5.76. The highest BCUT2D eigenvalue weighted by Crippen LogP contribution is 2.26. The minimum absolute atomic E-state index is 0.102. The summed E-state index contributed by atoms with van der Waals surface area (Å²) in [6.45, 7) is 2.05. The fraction of sp³-hybridized carbons (Fsp3) is 0.471. The van der Waals surface area contributed by atoms with E-state index in [-0.39, 0.29) is 12.1 Å². The fourth-order valence-electron chi connectivity index (χ4n) is 2.92. The number of para-hydroxylation sites is 1. The quantitative estimate of drug-likeness (QED) is 0.848. The first kappa shape index (κ1) is 13.4. The lowest BCUT2D eigenvalue weighted by Crippen LogP contribution is -2.38. The van der Waals surface area contributed by atoms with Crippen LogP contribution in [0, 0.1) is 6.92 Å². The van der Waals surface area contributed by atoms with Crippen molar-refractivity contribution in [3.63, 3.8) is 0 Å². The van der Waals surface area contributed by atoms with Gasteiger partial charge in [0.25, 0.3) is 0 Å². The summed E-state index contributed by atoms with van der Waals surface area (Å²) < 4.78 is 6.15. The molecule has 3 rings (SSSR count). The van der Waals surface area contributed by atoms with Gasteiger partial charge >= 0.3 is 0 Å². The van der Waals surface area contributed by atoms with E-state index in [4.69, 9.17) is 10.5 Å². The molecule has 1 fully saturated rings. The molecule has 1 aromatic heterocycles. The maximum atomic E-state index is 6.24. The van der Waals surface area contributed by atoms with Crippen LogP contribution in [0.3, 0.4) is 0 Å². The summed E-state index contributed by atoms with van der Waals surface area (Å²) in [7, 11) is 0. The third kappa shape index (κ3) is 2.78. The minimum Gasteiger partial charge on any atom is -0.472 e. The molecule has 0 radical (unpaired) electrons. The molecule has 0 aliphatic heterocycles. The van der Waals surface area contributed by atoms with Crippen LogP contribution >= 0.6 is 0 Å². The Morgan fingerprint density at radius 2 is 1.95 bits per heavy atom. The summed E-state index contributed by atoms with van der Waals surface area (Å²) in [5.74, 6) is 0.742. The van der Waals surface area contributed by atoms with Gasteiger partial charge in [-0.05, 0) is 38.3 Å². The zero-order valence-corrected chi connectivity index (χ0v) is 12.0. The van der Waals surface area contributed by atoms with E-state index in [1.807, 2.05) is 18.2 Å². The molecule has 1 heterocycles.